The molecule has 0 aromatic rings. The molecule has 0 bridgehead atoms. The molecule has 0 N–H and O–H groups in total. The minimum atomic E-state index is -0.126. The second kappa shape index (κ2) is 7.38. The van der Waals surface area contributed by atoms with Crippen LogP contribution in [0.25, 0.3) is 0 Å². The van der Waals surface area contributed by atoms with Crippen LogP contribution in [0.3, 0.4) is 0 Å². The Morgan fingerprint density at radius 3 is 2.12 bits per heavy atom. The van der Waals surface area contributed by atoms with Gasteiger partial charge in [0.15, 0.2) is 0 Å². The third-order valence-electron chi connectivity index (χ3n) is 13.3. The Balaban J connectivity index is 1.52. The van der Waals surface area contributed by atoms with Crippen LogP contribution in [0.2, 0.25) is 0 Å². The van der Waals surface area contributed by atoms with Crippen molar-refractivity contribution >= 4 is 5.97 Å². The van der Waals surface area contributed by atoms with Crippen molar-refractivity contribution < 1.29 is 9.53 Å². The summed E-state index contributed by atoms with van der Waals surface area (Å²) in [6.45, 7) is 22.1. The number of hydrogen-bond donors (Lipinski definition) is 0. The molecule has 4 saturated carbocycles. The van der Waals surface area contributed by atoms with Crippen molar-refractivity contribution in [1.29, 1.82) is 0 Å². The molecular weight excluding hydrogens is 416 g/mol. The topological polar surface area (TPSA) is 26.3 Å². The predicted octanol–water partition coefficient (Wildman–Crippen LogP) is 8.74. The van der Waals surface area contributed by atoms with Crippen LogP contribution < -0.4 is 0 Å². The monoisotopic (exact) mass is 468 g/mol. The van der Waals surface area contributed by atoms with Crippen LogP contribution >= 0.6 is 0 Å². The van der Waals surface area contributed by atoms with Gasteiger partial charge in [0.25, 0.3) is 0 Å². The molecule has 5 aliphatic carbocycles. The van der Waals surface area contributed by atoms with E-state index in [2.05, 4.69) is 61.5 Å². The van der Waals surface area contributed by atoms with Crippen molar-refractivity contribution in [2.75, 3.05) is 0 Å². The molecule has 0 unspecified atom stereocenters. The van der Waals surface area contributed by atoms with E-state index in [1.807, 2.05) is 0 Å². The van der Waals surface area contributed by atoms with Gasteiger partial charge in [0.05, 0.1) is 0 Å². The number of fused-ring (bicyclic) bond motifs is 7. The van der Waals surface area contributed by atoms with Gasteiger partial charge in [-0.2, -0.15) is 0 Å². The molecule has 0 aromatic carbocycles. The molecule has 2 nitrogen and oxygen atoms in total. The Bertz CT molecular complexity index is 897. The van der Waals surface area contributed by atoms with Gasteiger partial charge >= 0.3 is 5.97 Å². The number of allylic oxidation sites excluding steroid dienone is 1. The first-order valence-electron chi connectivity index (χ1n) is 14.5. The molecule has 0 heterocycles. The lowest BCUT2D eigenvalue weighted by molar-refractivity contribution is -0.231. The van der Waals surface area contributed by atoms with Crippen molar-refractivity contribution in [3.05, 3.63) is 11.6 Å². The van der Waals surface area contributed by atoms with Crippen molar-refractivity contribution in [1.82, 2.24) is 0 Å². The molecule has 0 spiro atoms. The summed E-state index contributed by atoms with van der Waals surface area (Å²) < 4.78 is 5.86. The van der Waals surface area contributed by atoms with Gasteiger partial charge in [-0.1, -0.05) is 67.0 Å². The summed E-state index contributed by atoms with van der Waals surface area (Å²) in [5.41, 5.74) is 3.81. The zero-order valence-corrected chi connectivity index (χ0v) is 23.8. The maximum absolute atomic E-state index is 11.8. The summed E-state index contributed by atoms with van der Waals surface area (Å²) in [6.07, 6.45) is 15.9. The van der Waals surface area contributed by atoms with Gasteiger partial charge in [0, 0.05) is 12.3 Å². The summed E-state index contributed by atoms with van der Waals surface area (Å²) in [6, 6.07) is 0. The number of ether oxygens (including phenoxy) is 1. The van der Waals surface area contributed by atoms with E-state index in [0.29, 0.717) is 33.0 Å². The van der Waals surface area contributed by atoms with E-state index in [9.17, 15) is 4.79 Å². The maximum Gasteiger partial charge on any atom is 0.302 e. The molecule has 0 amide bonds. The summed E-state index contributed by atoms with van der Waals surface area (Å²) in [5.74, 6) is 2.14. The summed E-state index contributed by atoms with van der Waals surface area (Å²) in [4.78, 5) is 11.8. The van der Waals surface area contributed by atoms with Crippen LogP contribution in [0.15, 0.2) is 11.6 Å². The quantitative estimate of drug-likeness (QED) is 0.284. The average molecular weight is 469 g/mol. The number of hydrogen-bond acceptors (Lipinski definition) is 2. The summed E-state index contributed by atoms with van der Waals surface area (Å²) in [7, 11) is 0. The lowest BCUT2D eigenvalue weighted by Gasteiger charge is -2.73. The minimum Gasteiger partial charge on any atom is -0.462 e. The summed E-state index contributed by atoms with van der Waals surface area (Å²) >= 11 is 0. The van der Waals surface area contributed by atoms with Crippen LogP contribution in [0, 0.1) is 50.2 Å². The molecule has 0 saturated heterocycles. The van der Waals surface area contributed by atoms with Gasteiger partial charge in [-0.15, -0.1) is 0 Å². The Morgan fingerprint density at radius 2 is 1.44 bits per heavy atom. The molecular formula is C32H52O2. The molecule has 0 aromatic heterocycles. The molecule has 8 atom stereocenters. The third-order valence-corrected chi connectivity index (χ3v) is 13.3. The normalized spacial score (nSPS) is 51.1. The lowest BCUT2D eigenvalue weighted by atomic mass is 9.31. The van der Waals surface area contributed by atoms with E-state index in [-0.39, 0.29) is 17.5 Å². The number of rotatable bonds is 1. The molecule has 5 aliphatic rings. The Kier molecular flexibility index (Phi) is 5.40. The SMILES string of the molecule is CC(=O)O[C@@H]1CC[C@@H]2C(=CC[C@H]3[C@@]2(C)CC[C@@]2(C)[C@H]4CC(C)(C)CC[C@]4(C)CC[C@]32C)C1(C)C. The molecule has 4 fully saturated rings. The first-order chi connectivity index (χ1) is 15.6. The molecule has 5 rings (SSSR count). The molecule has 192 valence electrons. The van der Waals surface area contributed by atoms with Gasteiger partial charge in [-0.05, 0) is 109 Å². The fourth-order valence-electron chi connectivity index (χ4n) is 10.8. The number of carbonyl (C=O) groups is 1. The van der Waals surface area contributed by atoms with Crippen molar-refractivity contribution in [3.63, 3.8) is 0 Å². The fourth-order valence-corrected chi connectivity index (χ4v) is 10.8. The fraction of sp³-hybridized carbons (Fsp3) is 0.906. The van der Waals surface area contributed by atoms with E-state index < -0.39 is 0 Å². The second-order valence-electron chi connectivity index (χ2n) is 15.8. The highest BCUT2D eigenvalue weighted by molar-refractivity contribution is 5.66. The Hall–Kier alpha value is -0.790. The van der Waals surface area contributed by atoms with Crippen molar-refractivity contribution in [3.8, 4) is 0 Å². The van der Waals surface area contributed by atoms with Gasteiger partial charge in [0.1, 0.15) is 6.10 Å². The van der Waals surface area contributed by atoms with E-state index >= 15 is 0 Å². The van der Waals surface area contributed by atoms with E-state index in [4.69, 9.17) is 4.74 Å². The maximum atomic E-state index is 11.8. The zero-order valence-electron chi connectivity index (χ0n) is 23.8. The number of esters is 1. The molecule has 34 heavy (non-hydrogen) atoms. The summed E-state index contributed by atoms with van der Waals surface area (Å²) in [5, 5.41) is 0. The first kappa shape index (κ1) is 24.9. The molecule has 0 radical (unpaired) electrons. The highest BCUT2D eigenvalue weighted by Crippen LogP contribution is 2.77. The molecule has 0 aliphatic heterocycles. The van der Waals surface area contributed by atoms with Gasteiger partial charge in [-0.3, -0.25) is 4.79 Å². The lowest BCUT2D eigenvalue weighted by Crippen LogP contribution is -2.65. The standard InChI is InChI=1S/C32H52O2/c1-21(33)34-26-13-11-23-22(28(26,4)5)10-12-24-30(23,7)17-19-32(9)25-20-27(2,3)14-15-29(25,6)16-18-31(24,32)8/h10,23-26H,11-20H2,1-9H3/t23-,24+,25+,26-,29-,30+,31-,32+/m1/s1. The largest absolute Gasteiger partial charge is 0.462 e. The van der Waals surface area contributed by atoms with Gasteiger partial charge in [0.2, 0.25) is 0 Å². The van der Waals surface area contributed by atoms with Crippen LogP contribution in [0.5, 0.6) is 0 Å². The van der Waals surface area contributed by atoms with Crippen LogP contribution in [0.4, 0.5) is 0 Å². The first-order valence-corrected chi connectivity index (χ1v) is 14.5. The Labute approximate surface area is 210 Å². The van der Waals surface area contributed by atoms with Crippen LogP contribution in [-0.2, 0) is 9.53 Å². The van der Waals surface area contributed by atoms with Crippen LogP contribution in [0.1, 0.15) is 127 Å². The Morgan fingerprint density at radius 1 is 0.824 bits per heavy atom. The predicted molar refractivity (Wildman–Crippen MR) is 140 cm³/mol. The van der Waals surface area contributed by atoms with Gasteiger partial charge < -0.3 is 4.74 Å². The van der Waals surface area contributed by atoms with Crippen molar-refractivity contribution in [2.24, 2.45) is 50.2 Å². The third kappa shape index (κ3) is 3.21. The van der Waals surface area contributed by atoms with E-state index in [0.717, 1.165) is 18.3 Å². The minimum absolute atomic E-state index is 0.0250. The van der Waals surface area contributed by atoms with Crippen molar-refractivity contribution in [2.45, 2.75) is 133 Å². The number of carbonyl (C=O) groups excluding carboxylic acids is 1. The smallest absolute Gasteiger partial charge is 0.302 e. The highest BCUT2D eigenvalue weighted by atomic mass is 16.5. The molecule has 2 heteroatoms. The van der Waals surface area contributed by atoms with E-state index in [1.165, 1.54) is 57.8 Å². The zero-order chi connectivity index (χ0) is 24.9. The van der Waals surface area contributed by atoms with Crippen LogP contribution in [-0.4, -0.2) is 12.1 Å². The second-order valence-corrected chi connectivity index (χ2v) is 15.8. The highest BCUT2D eigenvalue weighted by Gasteiger charge is 2.69. The van der Waals surface area contributed by atoms with Gasteiger partial charge in [-0.25, -0.2) is 0 Å². The average Bonchev–Trinajstić information content (AvgIpc) is 2.73. The van der Waals surface area contributed by atoms with E-state index in [1.54, 1.807) is 12.5 Å².